The first-order chi connectivity index (χ1) is 39.2. The Morgan fingerprint density at radius 1 is 0.215 bits per heavy atom. The average Bonchev–Trinajstić information content (AvgIpc) is 4.10. The maximum absolute atomic E-state index is 12.9. The summed E-state index contributed by atoms with van der Waals surface area (Å²) in [6.45, 7) is 0. The van der Waals surface area contributed by atoms with E-state index in [2.05, 4.69) is 296 Å². The molecular formula is C73H44N6. The van der Waals surface area contributed by atoms with Gasteiger partial charge >= 0.3 is 0 Å². The van der Waals surface area contributed by atoms with E-state index in [0.29, 0.717) is 5.56 Å². The SMILES string of the molecule is N#Cc1c(-n2c3ccccc3c3ccccc32)c(-n2c3ccccc3c3ccccc32)c(-c2ccc(-n3c4ccccc4c4ccccc43)cc2)c(-n2c3ccccc3c3ccccc32)c1-n1c2ccccc2c2ccccc21. The molecule has 0 saturated carbocycles. The summed E-state index contributed by atoms with van der Waals surface area (Å²) in [7, 11) is 0. The van der Waals surface area contributed by atoms with Crippen molar-refractivity contribution in [1.82, 2.24) is 22.8 Å². The van der Waals surface area contributed by atoms with Gasteiger partial charge in [-0.25, -0.2) is 0 Å². The van der Waals surface area contributed by atoms with Crippen molar-refractivity contribution in [2.75, 3.05) is 0 Å². The molecule has 17 rings (SSSR count). The van der Waals surface area contributed by atoms with Gasteiger partial charge in [-0.05, 0) is 78.4 Å². The summed E-state index contributed by atoms with van der Waals surface area (Å²) >= 11 is 0. The monoisotopic (exact) mass is 1000 g/mol. The molecule has 0 radical (unpaired) electrons. The molecule has 6 nitrogen and oxygen atoms in total. The van der Waals surface area contributed by atoms with Crippen LogP contribution in [0.15, 0.2) is 267 Å². The zero-order valence-corrected chi connectivity index (χ0v) is 42.6. The zero-order valence-electron chi connectivity index (χ0n) is 42.6. The van der Waals surface area contributed by atoms with Gasteiger partial charge in [-0.1, -0.05) is 194 Å². The third kappa shape index (κ3) is 5.93. The number of benzene rings is 12. The van der Waals surface area contributed by atoms with Crippen LogP contribution < -0.4 is 0 Å². The summed E-state index contributed by atoms with van der Waals surface area (Å²) in [5.74, 6) is 0. The Bertz CT molecular complexity index is 4940. The summed E-state index contributed by atoms with van der Waals surface area (Å²) in [5, 5.41) is 24.2. The molecule has 0 unspecified atom stereocenters. The van der Waals surface area contributed by atoms with Gasteiger partial charge in [0.2, 0.25) is 0 Å². The third-order valence-electron chi connectivity index (χ3n) is 16.7. The molecular weight excluding hydrogens is 961 g/mol. The highest BCUT2D eigenvalue weighted by Crippen LogP contribution is 2.52. The van der Waals surface area contributed by atoms with E-state index in [9.17, 15) is 5.26 Å². The first-order valence-corrected chi connectivity index (χ1v) is 26.9. The van der Waals surface area contributed by atoms with E-state index >= 15 is 0 Å². The summed E-state index contributed by atoms with van der Waals surface area (Å²) in [6, 6.07) is 99.4. The molecule has 0 atom stereocenters. The lowest BCUT2D eigenvalue weighted by Crippen LogP contribution is -2.16. The van der Waals surface area contributed by atoms with Gasteiger partial charge < -0.3 is 22.8 Å². The Hall–Kier alpha value is -10.9. The van der Waals surface area contributed by atoms with Crippen LogP contribution in [0.2, 0.25) is 0 Å². The van der Waals surface area contributed by atoms with Gasteiger partial charge in [0, 0.05) is 65.1 Å². The number of fused-ring (bicyclic) bond motifs is 15. The fraction of sp³-hybridized carbons (Fsp3) is 0. The minimum atomic E-state index is 0.539. The maximum Gasteiger partial charge on any atom is 0.104 e. The van der Waals surface area contributed by atoms with E-state index in [1.165, 1.54) is 10.8 Å². The number of hydrogen-bond donors (Lipinski definition) is 0. The lowest BCUT2D eigenvalue weighted by molar-refractivity contribution is 1.04. The highest BCUT2D eigenvalue weighted by Gasteiger charge is 2.35. The summed E-state index contributed by atoms with van der Waals surface area (Å²) < 4.78 is 12.1. The molecule has 366 valence electrons. The van der Waals surface area contributed by atoms with Crippen LogP contribution >= 0.6 is 0 Å². The van der Waals surface area contributed by atoms with Crippen molar-refractivity contribution in [2.24, 2.45) is 0 Å². The number of nitriles is 1. The van der Waals surface area contributed by atoms with Crippen LogP contribution in [0, 0.1) is 11.3 Å². The Morgan fingerprint density at radius 2 is 0.418 bits per heavy atom. The molecule has 17 aromatic rings. The van der Waals surface area contributed by atoms with Crippen molar-refractivity contribution in [3.8, 4) is 45.6 Å². The van der Waals surface area contributed by atoms with E-state index in [4.69, 9.17) is 0 Å². The molecule has 0 N–H and O–H groups in total. The zero-order chi connectivity index (χ0) is 51.9. The van der Waals surface area contributed by atoms with Gasteiger partial charge in [-0.15, -0.1) is 0 Å². The standard InChI is InChI=1S/C73H44N6/c74-45-58-70(76-61-33-13-3-23-50(61)51-24-4-14-34-62(51)76)72(78-65-37-17-7-27-54(65)55-28-8-18-38-66(55)78)69(46-41-43-47(44-42-46)75-59-31-11-1-21-48(59)49-22-2-12-32-60(49)75)73(79-67-39-19-9-29-56(67)57-30-10-20-40-68(57)79)71(58)77-63-35-15-5-25-52(63)53-26-6-16-36-64(53)77/h1-44H. The molecule has 0 aliphatic carbocycles. The van der Waals surface area contributed by atoms with Gasteiger partial charge in [-0.3, -0.25) is 0 Å². The number of nitrogens with zero attached hydrogens (tertiary/aromatic N) is 6. The molecule has 0 fully saturated rings. The summed E-state index contributed by atoms with van der Waals surface area (Å²) in [4.78, 5) is 0. The van der Waals surface area contributed by atoms with Crippen LogP contribution in [0.1, 0.15) is 5.56 Å². The Balaban J connectivity index is 1.17. The largest absolute Gasteiger partial charge is 0.309 e. The third-order valence-corrected chi connectivity index (χ3v) is 16.7. The van der Waals surface area contributed by atoms with Crippen LogP contribution in [0.25, 0.3) is 149 Å². The minimum Gasteiger partial charge on any atom is -0.309 e. The predicted octanol–water partition coefficient (Wildman–Crippen LogP) is 18.7. The molecule has 79 heavy (non-hydrogen) atoms. The van der Waals surface area contributed by atoms with Crippen LogP contribution in [-0.4, -0.2) is 22.8 Å². The van der Waals surface area contributed by atoms with E-state index < -0.39 is 0 Å². The Morgan fingerprint density at radius 3 is 0.646 bits per heavy atom. The number of aromatic nitrogens is 5. The Kier molecular flexibility index (Phi) is 9.10. The van der Waals surface area contributed by atoms with Crippen molar-refractivity contribution >= 4 is 109 Å². The molecule has 0 saturated heterocycles. The number of rotatable bonds is 6. The highest BCUT2D eigenvalue weighted by atomic mass is 15.1. The van der Waals surface area contributed by atoms with Gasteiger partial charge in [-0.2, -0.15) is 5.26 Å². The van der Waals surface area contributed by atoms with Gasteiger partial charge in [0.05, 0.1) is 77.9 Å². The van der Waals surface area contributed by atoms with Crippen LogP contribution in [0.4, 0.5) is 0 Å². The van der Waals surface area contributed by atoms with Crippen molar-refractivity contribution < 1.29 is 0 Å². The molecule has 12 aromatic carbocycles. The van der Waals surface area contributed by atoms with Crippen molar-refractivity contribution in [1.29, 1.82) is 5.26 Å². The first-order valence-electron chi connectivity index (χ1n) is 26.9. The molecule has 0 aliphatic heterocycles. The van der Waals surface area contributed by atoms with Crippen molar-refractivity contribution in [3.05, 3.63) is 272 Å². The van der Waals surface area contributed by atoms with Crippen LogP contribution in [0.5, 0.6) is 0 Å². The van der Waals surface area contributed by atoms with Gasteiger partial charge in [0.15, 0.2) is 0 Å². The highest BCUT2D eigenvalue weighted by molar-refractivity contribution is 6.17. The first kappa shape index (κ1) is 43.4. The normalized spacial score (nSPS) is 12.0. The predicted molar refractivity (Wildman–Crippen MR) is 328 cm³/mol. The topological polar surface area (TPSA) is 48.4 Å². The van der Waals surface area contributed by atoms with E-state index in [0.717, 1.165) is 138 Å². The summed E-state index contributed by atoms with van der Waals surface area (Å²) in [6.07, 6.45) is 0. The lowest BCUT2D eigenvalue weighted by Gasteiger charge is -2.29. The second-order valence-corrected chi connectivity index (χ2v) is 20.7. The van der Waals surface area contributed by atoms with E-state index in [1.54, 1.807) is 0 Å². The fourth-order valence-corrected chi connectivity index (χ4v) is 13.6. The van der Waals surface area contributed by atoms with Crippen LogP contribution in [0.3, 0.4) is 0 Å². The fourth-order valence-electron chi connectivity index (χ4n) is 13.6. The molecule has 5 aromatic heterocycles. The molecule has 0 aliphatic rings. The second kappa shape index (κ2) is 16.6. The molecule has 0 bridgehead atoms. The maximum atomic E-state index is 12.9. The van der Waals surface area contributed by atoms with Crippen molar-refractivity contribution in [3.63, 3.8) is 0 Å². The average molecular weight is 1010 g/mol. The Labute approximate surface area is 452 Å². The molecule has 6 heteroatoms. The van der Waals surface area contributed by atoms with Gasteiger partial charge in [0.1, 0.15) is 11.6 Å². The molecule has 5 heterocycles. The number of para-hydroxylation sites is 10. The van der Waals surface area contributed by atoms with E-state index in [1.807, 2.05) is 0 Å². The van der Waals surface area contributed by atoms with Crippen LogP contribution in [-0.2, 0) is 0 Å². The molecule has 0 amide bonds. The smallest absolute Gasteiger partial charge is 0.104 e. The lowest BCUT2D eigenvalue weighted by atomic mass is 9.93. The van der Waals surface area contributed by atoms with Gasteiger partial charge in [0.25, 0.3) is 0 Å². The number of hydrogen-bond acceptors (Lipinski definition) is 1. The second-order valence-electron chi connectivity index (χ2n) is 20.7. The van der Waals surface area contributed by atoms with E-state index in [-0.39, 0.29) is 0 Å². The summed E-state index contributed by atoms with van der Waals surface area (Å²) in [5.41, 5.74) is 17.4. The quantitative estimate of drug-likeness (QED) is 0.164. The molecule has 0 spiro atoms. The van der Waals surface area contributed by atoms with Crippen molar-refractivity contribution in [2.45, 2.75) is 0 Å². The minimum absolute atomic E-state index is 0.539.